The van der Waals surface area contributed by atoms with Crippen molar-refractivity contribution in [2.75, 3.05) is 39.0 Å². The van der Waals surface area contributed by atoms with Crippen LogP contribution in [0.25, 0.3) is 0 Å². The lowest BCUT2D eigenvalue weighted by atomic mass is 10.0. The van der Waals surface area contributed by atoms with Crippen LogP contribution in [0, 0.1) is 0 Å². The average molecular weight is 557 g/mol. The molecule has 0 atom stereocenters. The number of hydrogen-bond acceptors (Lipinski definition) is 4. The van der Waals surface area contributed by atoms with Gasteiger partial charge in [-0.05, 0) is 48.6 Å². The van der Waals surface area contributed by atoms with Gasteiger partial charge >= 0.3 is 0 Å². The zero-order valence-electron chi connectivity index (χ0n) is 18.3. The van der Waals surface area contributed by atoms with Gasteiger partial charge in [0.05, 0.1) is 11.4 Å². The molecule has 0 amide bonds. The fourth-order valence-corrected chi connectivity index (χ4v) is 4.25. The molecular formula is C23H33IN4O2S. The van der Waals surface area contributed by atoms with Gasteiger partial charge in [-0.2, -0.15) is 0 Å². The molecule has 2 N–H and O–H groups in total. The Morgan fingerprint density at radius 2 is 1.77 bits per heavy atom. The predicted octanol–water partition coefficient (Wildman–Crippen LogP) is 2.86. The van der Waals surface area contributed by atoms with Gasteiger partial charge in [0.15, 0.2) is 15.8 Å². The summed E-state index contributed by atoms with van der Waals surface area (Å²) < 4.78 is 23.1. The van der Waals surface area contributed by atoms with Crippen LogP contribution in [0.1, 0.15) is 23.6 Å². The third kappa shape index (κ3) is 8.08. The first-order valence-corrected chi connectivity index (χ1v) is 12.4. The Kier molecular flexibility index (Phi) is 10.2. The molecule has 6 nitrogen and oxygen atoms in total. The van der Waals surface area contributed by atoms with Crippen LogP contribution in [-0.2, 0) is 29.2 Å². The van der Waals surface area contributed by atoms with Crippen molar-refractivity contribution in [3.63, 3.8) is 0 Å². The molecule has 0 aromatic heterocycles. The molecular weight excluding hydrogens is 523 g/mol. The summed E-state index contributed by atoms with van der Waals surface area (Å²) in [5, 5.41) is 6.66. The highest BCUT2D eigenvalue weighted by molar-refractivity contribution is 14.0. The maximum Gasteiger partial charge on any atom is 0.191 e. The van der Waals surface area contributed by atoms with Crippen LogP contribution < -0.4 is 10.6 Å². The molecule has 0 saturated carbocycles. The van der Waals surface area contributed by atoms with Crippen molar-refractivity contribution < 1.29 is 8.42 Å². The first-order valence-electron chi connectivity index (χ1n) is 10.6. The number of fused-ring (bicyclic) bond motifs is 1. The second-order valence-corrected chi connectivity index (χ2v) is 9.66. The summed E-state index contributed by atoms with van der Waals surface area (Å²) in [4.78, 5) is 7.53. The molecule has 0 spiro atoms. The van der Waals surface area contributed by atoms with Crippen LogP contribution in [0.2, 0.25) is 0 Å². The summed E-state index contributed by atoms with van der Waals surface area (Å²) in [6.45, 7) is 7.38. The molecule has 2 aromatic carbocycles. The molecule has 0 unspecified atom stereocenters. The van der Waals surface area contributed by atoms with E-state index in [-0.39, 0.29) is 24.0 Å². The molecule has 0 aliphatic carbocycles. The van der Waals surface area contributed by atoms with E-state index in [1.807, 2.05) is 12.1 Å². The minimum atomic E-state index is -3.15. The number of guanidine groups is 1. The zero-order chi connectivity index (χ0) is 21.4. The maximum absolute atomic E-state index is 11.6. The van der Waals surface area contributed by atoms with Gasteiger partial charge in [0, 0.05) is 39.0 Å². The molecule has 0 saturated heterocycles. The molecule has 0 radical (unpaired) electrons. The van der Waals surface area contributed by atoms with E-state index >= 15 is 0 Å². The fraction of sp³-hybridized carbons (Fsp3) is 0.435. The second-order valence-electron chi connectivity index (χ2n) is 7.65. The maximum atomic E-state index is 11.6. The summed E-state index contributed by atoms with van der Waals surface area (Å²) in [5.41, 5.74) is 3.99. The van der Waals surface area contributed by atoms with Crippen LogP contribution in [0.5, 0.6) is 0 Å². The Bertz CT molecular complexity index is 962. The van der Waals surface area contributed by atoms with Gasteiger partial charge in [0.2, 0.25) is 0 Å². The minimum absolute atomic E-state index is 0. The van der Waals surface area contributed by atoms with E-state index in [0.29, 0.717) is 4.90 Å². The number of nitrogens with one attached hydrogen (secondary N) is 2. The van der Waals surface area contributed by atoms with Gasteiger partial charge in [-0.25, -0.2) is 8.42 Å². The Balaban J connectivity index is 0.00000341. The number of nitrogens with zero attached hydrogens (tertiary/aromatic N) is 2. The van der Waals surface area contributed by atoms with Crippen molar-refractivity contribution in [2.45, 2.75) is 31.2 Å². The molecule has 2 aromatic rings. The lowest BCUT2D eigenvalue weighted by molar-refractivity contribution is 0.261. The highest BCUT2D eigenvalue weighted by Gasteiger charge is 2.14. The third-order valence-corrected chi connectivity index (χ3v) is 6.43. The molecule has 1 aliphatic rings. The van der Waals surface area contributed by atoms with Crippen molar-refractivity contribution in [3.8, 4) is 0 Å². The van der Waals surface area contributed by atoms with Gasteiger partial charge in [-0.3, -0.25) is 9.89 Å². The number of benzene rings is 2. The van der Waals surface area contributed by atoms with Crippen molar-refractivity contribution in [3.05, 3.63) is 65.2 Å². The molecule has 31 heavy (non-hydrogen) atoms. The van der Waals surface area contributed by atoms with E-state index in [2.05, 4.69) is 46.7 Å². The number of halogens is 1. The Hall–Kier alpha value is -1.65. The molecule has 1 aliphatic heterocycles. The average Bonchev–Trinajstić information content (AvgIpc) is 2.73. The van der Waals surface area contributed by atoms with E-state index in [1.165, 1.54) is 17.4 Å². The van der Waals surface area contributed by atoms with Gasteiger partial charge in [0.1, 0.15) is 0 Å². The molecule has 3 rings (SSSR count). The van der Waals surface area contributed by atoms with E-state index in [0.717, 1.165) is 63.6 Å². The molecule has 170 valence electrons. The molecule has 0 bridgehead atoms. The van der Waals surface area contributed by atoms with Crippen LogP contribution in [-0.4, -0.2) is 58.3 Å². The van der Waals surface area contributed by atoms with Gasteiger partial charge in [-0.1, -0.05) is 36.4 Å². The van der Waals surface area contributed by atoms with Crippen LogP contribution >= 0.6 is 24.0 Å². The summed E-state index contributed by atoms with van der Waals surface area (Å²) in [6.07, 6.45) is 3.14. The molecule has 1 heterocycles. The number of aliphatic imine (C=N–C) groups is 1. The summed E-state index contributed by atoms with van der Waals surface area (Å²) in [5.74, 6) is 0.822. The van der Waals surface area contributed by atoms with E-state index < -0.39 is 9.84 Å². The second kappa shape index (κ2) is 12.4. The quantitative estimate of drug-likeness (QED) is 0.297. The van der Waals surface area contributed by atoms with Gasteiger partial charge in [-0.15, -0.1) is 24.0 Å². The number of sulfone groups is 1. The normalized spacial score (nSPS) is 14.5. The largest absolute Gasteiger partial charge is 0.357 e. The lowest BCUT2D eigenvalue weighted by Gasteiger charge is -2.28. The van der Waals surface area contributed by atoms with Crippen LogP contribution in [0.4, 0.5) is 0 Å². The Labute approximate surface area is 203 Å². The topological polar surface area (TPSA) is 73.8 Å². The first-order chi connectivity index (χ1) is 14.5. The lowest BCUT2D eigenvalue weighted by Crippen LogP contribution is -2.39. The van der Waals surface area contributed by atoms with Gasteiger partial charge < -0.3 is 10.6 Å². The Morgan fingerprint density at radius 3 is 2.45 bits per heavy atom. The zero-order valence-corrected chi connectivity index (χ0v) is 21.4. The Morgan fingerprint density at radius 1 is 1.06 bits per heavy atom. The van der Waals surface area contributed by atoms with Crippen molar-refractivity contribution >= 4 is 39.8 Å². The standard InChI is InChI=1S/C23H32N4O2S.HI/c1-3-24-23(25-14-12-19-8-10-22(11-9-19)30(2,28)29)26-15-17-27-16-13-20-6-4-5-7-21(20)18-27;/h4-11H,3,12-18H2,1-2H3,(H2,24,25,26);1H. The third-order valence-electron chi connectivity index (χ3n) is 5.30. The highest BCUT2D eigenvalue weighted by atomic mass is 127. The monoisotopic (exact) mass is 556 g/mol. The summed E-state index contributed by atoms with van der Waals surface area (Å²) in [6, 6.07) is 15.8. The van der Waals surface area contributed by atoms with Crippen molar-refractivity contribution in [2.24, 2.45) is 4.99 Å². The van der Waals surface area contributed by atoms with Crippen LogP contribution in [0.3, 0.4) is 0 Å². The molecule has 8 heteroatoms. The smallest absolute Gasteiger partial charge is 0.191 e. The van der Waals surface area contributed by atoms with Crippen molar-refractivity contribution in [1.29, 1.82) is 0 Å². The van der Waals surface area contributed by atoms with E-state index in [9.17, 15) is 8.42 Å². The van der Waals surface area contributed by atoms with E-state index in [4.69, 9.17) is 4.99 Å². The summed E-state index contributed by atoms with van der Waals surface area (Å²) in [7, 11) is -3.15. The fourth-order valence-electron chi connectivity index (χ4n) is 3.62. The predicted molar refractivity (Wildman–Crippen MR) is 138 cm³/mol. The van der Waals surface area contributed by atoms with Crippen molar-refractivity contribution in [1.82, 2.24) is 15.5 Å². The first kappa shape index (κ1) is 25.6. The molecule has 0 fully saturated rings. The van der Waals surface area contributed by atoms with Crippen LogP contribution in [0.15, 0.2) is 58.4 Å². The van der Waals surface area contributed by atoms with E-state index in [1.54, 1.807) is 12.1 Å². The number of hydrogen-bond donors (Lipinski definition) is 2. The number of rotatable bonds is 8. The summed E-state index contributed by atoms with van der Waals surface area (Å²) >= 11 is 0. The highest BCUT2D eigenvalue weighted by Crippen LogP contribution is 2.17. The minimum Gasteiger partial charge on any atom is -0.357 e. The van der Waals surface area contributed by atoms with Gasteiger partial charge in [0.25, 0.3) is 0 Å². The SMILES string of the molecule is CCNC(=NCCN1CCc2ccccc2C1)NCCc1ccc(S(C)(=O)=O)cc1.I.